The number of nitrogens with one attached hydrogen (secondary N) is 1. The smallest absolute Gasteiger partial charge is 0.226 e. The minimum atomic E-state index is -0.0293. The lowest BCUT2D eigenvalue weighted by atomic mass is 9.96. The molecule has 2 aliphatic rings. The van der Waals surface area contributed by atoms with E-state index in [-0.39, 0.29) is 11.9 Å². The Hall–Kier alpha value is -2.56. The number of thiophene rings is 1. The zero-order valence-corrected chi connectivity index (χ0v) is 19.0. The molecule has 0 radical (unpaired) electrons. The summed E-state index contributed by atoms with van der Waals surface area (Å²) in [4.78, 5) is 16.3. The SMILES string of the molecule is COc1ccc(OC)c(C2CCCN2CCC(=O)Nc2sc3c(c2C#N)CCCC3)c1. The number of aryl methyl sites for hydroxylation is 1. The monoisotopic (exact) mass is 439 g/mol. The first-order chi connectivity index (χ1) is 15.1. The average Bonchev–Trinajstić information content (AvgIpc) is 3.40. The van der Waals surface area contributed by atoms with Crippen molar-refractivity contribution in [1.82, 2.24) is 4.90 Å². The quantitative estimate of drug-likeness (QED) is 0.678. The minimum absolute atomic E-state index is 0.0293. The lowest BCUT2D eigenvalue weighted by Crippen LogP contribution is -2.28. The fourth-order valence-corrected chi connectivity index (χ4v) is 6.01. The van der Waals surface area contributed by atoms with Crippen LogP contribution in [0.2, 0.25) is 0 Å². The van der Waals surface area contributed by atoms with Crippen LogP contribution in [0.3, 0.4) is 0 Å². The Bertz CT molecular complexity index is 995. The maximum absolute atomic E-state index is 12.7. The molecule has 0 spiro atoms. The Labute approximate surface area is 187 Å². The number of hydrogen-bond donors (Lipinski definition) is 1. The van der Waals surface area contributed by atoms with Crippen molar-refractivity contribution in [3.63, 3.8) is 0 Å². The van der Waals surface area contributed by atoms with Crippen molar-refractivity contribution in [2.45, 2.75) is 51.0 Å². The van der Waals surface area contributed by atoms with Gasteiger partial charge in [0, 0.05) is 29.4 Å². The lowest BCUT2D eigenvalue weighted by Gasteiger charge is -2.26. The van der Waals surface area contributed by atoms with Crippen LogP contribution < -0.4 is 14.8 Å². The molecular formula is C24H29N3O3S. The van der Waals surface area contributed by atoms with Crippen molar-refractivity contribution in [3.05, 3.63) is 39.8 Å². The van der Waals surface area contributed by atoms with Gasteiger partial charge in [0.15, 0.2) is 0 Å². The van der Waals surface area contributed by atoms with Gasteiger partial charge in [-0.1, -0.05) is 0 Å². The van der Waals surface area contributed by atoms with Crippen molar-refractivity contribution in [2.75, 3.05) is 32.6 Å². The molecule has 1 N–H and O–H groups in total. The molecule has 1 aromatic carbocycles. The maximum Gasteiger partial charge on any atom is 0.226 e. The number of rotatable bonds is 7. The van der Waals surface area contributed by atoms with Crippen LogP contribution in [0.5, 0.6) is 11.5 Å². The number of nitrogens with zero attached hydrogens (tertiary/aromatic N) is 2. The van der Waals surface area contributed by atoms with E-state index in [4.69, 9.17) is 9.47 Å². The molecule has 1 fully saturated rings. The second-order valence-corrected chi connectivity index (χ2v) is 9.23. The number of likely N-dealkylation sites (tertiary alicyclic amines) is 1. The minimum Gasteiger partial charge on any atom is -0.497 e. The standard InChI is InChI=1S/C24H29N3O3S/c1-29-16-9-10-21(30-2)18(14-16)20-7-5-12-27(20)13-11-23(28)26-24-19(15-25)17-6-3-4-8-22(17)31-24/h9-10,14,20H,3-8,11-13H2,1-2H3,(H,26,28). The lowest BCUT2D eigenvalue weighted by molar-refractivity contribution is -0.116. The van der Waals surface area contributed by atoms with Crippen molar-refractivity contribution >= 4 is 22.2 Å². The Morgan fingerprint density at radius 1 is 1.26 bits per heavy atom. The summed E-state index contributed by atoms with van der Waals surface area (Å²) in [6.07, 6.45) is 6.76. The molecule has 2 heterocycles. The molecule has 2 aromatic rings. The first kappa shape index (κ1) is 21.7. The summed E-state index contributed by atoms with van der Waals surface area (Å²) < 4.78 is 11.0. The van der Waals surface area contributed by atoms with Crippen molar-refractivity contribution < 1.29 is 14.3 Å². The topological polar surface area (TPSA) is 74.6 Å². The molecule has 0 saturated carbocycles. The van der Waals surface area contributed by atoms with Gasteiger partial charge in [0.2, 0.25) is 5.91 Å². The van der Waals surface area contributed by atoms with E-state index in [0.29, 0.717) is 18.5 Å². The summed E-state index contributed by atoms with van der Waals surface area (Å²) in [5.41, 5.74) is 2.93. The van der Waals surface area contributed by atoms with Crippen LogP contribution in [-0.2, 0) is 17.6 Å². The van der Waals surface area contributed by atoms with E-state index in [1.54, 1.807) is 25.6 Å². The summed E-state index contributed by atoms with van der Waals surface area (Å²) >= 11 is 1.58. The highest BCUT2D eigenvalue weighted by Gasteiger charge is 2.29. The van der Waals surface area contributed by atoms with Gasteiger partial charge in [-0.2, -0.15) is 5.26 Å². The van der Waals surface area contributed by atoms with Gasteiger partial charge in [-0.15, -0.1) is 11.3 Å². The van der Waals surface area contributed by atoms with Crippen molar-refractivity contribution in [2.24, 2.45) is 0 Å². The third-order valence-electron chi connectivity index (χ3n) is 6.32. The van der Waals surface area contributed by atoms with Gasteiger partial charge < -0.3 is 14.8 Å². The van der Waals surface area contributed by atoms with E-state index in [1.165, 1.54) is 4.88 Å². The van der Waals surface area contributed by atoms with E-state index in [9.17, 15) is 10.1 Å². The molecule has 1 saturated heterocycles. The highest BCUT2D eigenvalue weighted by atomic mass is 32.1. The van der Waals surface area contributed by atoms with Crippen LogP contribution in [0.1, 0.15) is 59.7 Å². The average molecular weight is 440 g/mol. The molecule has 1 aromatic heterocycles. The number of nitriles is 1. The summed E-state index contributed by atoms with van der Waals surface area (Å²) in [5.74, 6) is 1.63. The molecule has 0 bridgehead atoms. The molecule has 6 nitrogen and oxygen atoms in total. The van der Waals surface area contributed by atoms with E-state index in [2.05, 4.69) is 16.3 Å². The molecule has 1 unspecified atom stereocenters. The van der Waals surface area contributed by atoms with Gasteiger partial charge in [0.05, 0.1) is 19.8 Å². The number of anilines is 1. The van der Waals surface area contributed by atoms with Gasteiger partial charge in [0.1, 0.15) is 22.6 Å². The molecule has 4 rings (SSSR count). The van der Waals surface area contributed by atoms with Gasteiger partial charge >= 0.3 is 0 Å². The number of fused-ring (bicyclic) bond motifs is 1. The molecule has 164 valence electrons. The number of amides is 1. The number of hydrogen-bond acceptors (Lipinski definition) is 6. The number of carbonyl (C=O) groups excluding carboxylic acids is 1. The second kappa shape index (κ2) is 9.71. The molecule has 1 amide bonds. The van der Waals surface area contributed by atoms with Crippen LogP contribution in [0.25, 0.3) is 0 Å². The summed E-state index contributed by atoms with van der Waals surface area (Å²) in [6, 6.07) is 8.42. The third-order valence-corrected chi connectivity index (χ3v) is 7.53. The summed E-state index contributed by atoms with van der Waals surface area (Å²) in [6.45, 7) is 1.62. The maximum atomic E-state index is 12.7. The second-order valence-electron chi connectivity index (χ2n) is 8.13. The predicted octanol–water partition coefficient (Wildman–Crippen LogP) is 4.68. The molecule has 7 heteroatoms. The molecule has 31 heavy (non-hydrogen) atoms. The van der Waals surface area contributed by atoms with Crippen molar-refractivity contribution in [3.8, 4) is 17.6 Å². The fraction of sp³-hybridized carbons (Fsp3) is 0.500. The molecule has 1 atom stereocenters. The number of methoxy groups -OCH3 is 2. The predicted molar refractivity (Wildman–Crippen MR) is 122 cm³/mol. The van der Waals surface area contributed by atoms with Crippen LogP contribution in [0, 0.1) is 11.3 Å². The Balaban J connectivity index is 1.42. The van der Waals surface area contributed by atoms with E-state index < -0.39 is 0 Å². The fourth-order valence-electron chi connectivity index (χ4n) is 4.75. The molecule has 1 aliphatic carbocycles. The Kier molecular flexibility index (Phi) is 6.79. The van der Waals surface area contributed by atoms with Crippen LogP contribution in [0.4, 0.5) is 5.00 Å². The largest absolute Gasteiger partial charge is 0.497 e. The van der Waals surface area contributed by atoms with Crippen LogP contribution in [-0.4, -0.2) is 38.1 Å². The molecular weight excluding hydrogens is 410 g/mol. The van der Waals surface area contributed by atoms with Gasteiger partial charge in [-0.3, -0.25) is 9.69 Å². The van der Waals surface area contributed by atoms with E-state index in [1.807, 2.05) is 18.2 Å². The van der Waals surface area contributed by atoms with E-state index in [0.717, 1.165) is 72.7 Å². The zero-order valence-electron chi connectivity index (χ0n) is 18.2. The number of benzene rings is 1. The Morgan fingerprint density at radius 3 is 2.87 bits per heavy atom. The highest BCUT2D eigenvalue weighted by molar-refractivity contribution is 7.16. The van der Waals surface area contributed by atoms with Crippen LogP contribution in [0.15, 0.2) is 18.2 Å². The van der Waals surface area contributed by atoms with Crippen LogP contribution >= 0.6 is 11.3 Å². The molecule has 1 aliphatic heterocycles. The summed E-state index contributed by atoms with van der Waals surface area (Å²) in [7, 11) is 3.35. The number of ether oxygens (including phenoxy) is 2. The zero-order chi connectivity index (χ0) is 21.8. The van der Waals surface area contributed by atoms with Gasteiger partial charge in [-0.05, 0) is 68.8 Å². The van der Waals surface area contributed by atoms with Crippen molar-refractivity contribution in [1.29, 1.82) is 5.26 Å². The van der Waals surface area contributed by atoms with Gasteiger partial charge in [-0.25, -0.2) is 0 Å². The summed E-state index contributed by atoms with van der Waals surface area (Å²) in [5, 5.41) is 13.4. The third kappa shape index (κ3) is 4.56. The highest BCUT2D eigenvalue weighted by Crippen LogP contribution is 2.40. The van der Waals surface area contributed by atoms with E-state index >= 15 is 0 Å². The van der Waals surface area contributed by atoms with Gasteiger partial charge in [0.25, 0.3) is 0 Å². The number of carbonyl (C=O) groups is 1. The first-order valence-electron chi connectivity index (χ1n) is 10.9. The normalized spacial score (nSPS) is 18.3. The Morgan fingerprint density at radius 2 is 2.10 bits per heavy atom. The first-order valence-corrected chi connectivity index (χ1v) is 11.8.